The van der Waals surface area contributed by atoms with Gasteiger partial charge in [0.1, 0.15) is 0 Å². The quantitative estimate of drug-likeness (QED) is 0.686. The van der Waals surface area contributed by atoms with E-state index in [1.54, 1.807) is 0 Å². The van der Waals surface area contributed by atoms with E-state index in [0.29, 0.717) is 0 Å². The maximum atomic E-state index is 2.20. The van der Waals surface area contributed by atoms with Crippen LogP contribution in [-0.2, 0) is 35.2 Å². The monoisotopic (exact) mass is 398 g/mol. The molecule has 0 saturated heterocycles. The summed E-state index contributed by atoms with van der Waals surface area (Å²) in [5.74, 6) is 0. The van der Waals surface area contributed by atoms with Crippen LogP contribution in [0, 0.1) is 0 Å². The summed E-state index contributed by atoms with van der Waals surface area (Å²) in [5.41, 5.74) is 2.93. The molecular formula is C16H25Ta-2. The maximum absolute atomic E-state index is 2.20. The molecular weight excluding hydrogens is 373 g/mol. The van der Waals surface area contributed by atoms with Crippen molar-refractivity contribution < 1.29 is 22.4 Å². The second kappa shape index (κ2) is 10.6. The van der Waals surface area contributed by atoms with Crippen molar-refractivity contribution in [3.63, 3.8) is 0 Å². The first-order valence-electron chi connectivity index (χ1n) is 6.28. The van der Waals surface area contributed by atoms with E-state index in [2.05, 4.69) is 62.4 Å². The van der Waals surface area contributed by atoms with Crippen molar-refractivity contribution in [1.29, 1.82) is 0 Å². The molecule has 0 spiro atoms. The van der Waals surface area contributed by atoms with Gasteiger partial charge in [0.15, 0.2) is 0 Å². The van der Waals surface area contributed by atoms with Gasteiger partial charge in [-0.1, -0.05) is 39.5 Å². The van der Waals surface area contributed by atoms with Gasteiger partial charge in [0.05, 0.1) is 0 Å². The van der Waals surface area contributed by atoms with Gasteiger partial charge in [0, 0.05) is 0 Å². The van der Waals surface area contributed by atoms with Gasteiger partial charge in [0.2, 0.25) is 0 Å². The van der Waals surface area contributed by atoms with Crippen molar-refractivity contribution in [2.45, 2.75) is 39.5 Å². The van der Waals surface area contributed by atoms with Crippen LogP contribution >= 0.6 is 0 Å². The van der Waals surface area contributed by atoms with E-state index in [-0.39, 0.29) is 22.4 Å². The molecule has 0 N–H and O–H groups in total. The summed E-state index contributed by atoms with van der Waals surface area (Å²) in [6.45, 7) is 4.40. The molecule has 1 heteroatoms. The molecule has 0 aliphatic carbocycles. The van der Waals surface area contributed by atoms with Crippen LogP contribution in [0.2, 0.25) is 0 Å². The Morgan fingerprint density at radius 1 is 0.647 bits per heavy atom. The molecule has 0 fully saturated rings. The summed E-state index contributed by atoms with van der Waals surface area (Å²) in [7, 11) is 0. The van der Waals surface area contributed by atoms with Crippen molar-refractivity contribution in [2.75, 3.05) is 0 Å². The molecule has 96 valence electrons. The van der Waals surface area contributed by atoms with Gasteiger partial charge in [-0.05, 0) is 0 Å². The number of aryl methyl sites for hydroxylation is 2. The predicted molar refractivity (Wildman–Crippen MR) is 76.2 cm³/mol. The topological polar surface area (TPSA) is 0 Å². The third kappa shape index (κ3) is 7.38. The van der Waals surface area contributed by atoms with Gasteiger partial charge in [-0.3, -0.25) is 0 Å². The average Bonchev–Trinajstić information content (AvgIpc) is 2.92. The minimum absolute atomic E-state index is 0. The third-order valence-electron chi connectivity index (χ3n) is 2.54. The van der Waals surface area contributed by atoms with E-state index in [1.807, 2.05) is 0 Å². The molecule has 0 aromatic heterocycles. The van der Waals surface area contributed by atoms with Crippen molar-refractivity contribution in [3.05, 3.63) is 59.7 Å². The Morgan fingerprint density at radius 3 is 1.18 bits per heavy atom. The third-order valence-corrected chi connectivity index (χ3v) is 2.54. The minimum atomic E-state index is 0. The average molecular weight is 398 g/mol. The van der Waals surface area contributed by atoms with Crippen LogP contribution < -0.4 is 0 Å². The van der Waals surface area contributed by atoms with Crippen LogP contribution in [0.4, 0.5) is 0 Å². The van der Waals surface area contributed by atoms with Gasteiger partial charge in [-0.25, -0.2) is 24.3 Å². The van der Waals surface area contributed by atoms with E-state index in [1.165, 1.54) is 36.8 Å². The molecule has 0 heterocycles. The molecule has 0 unspecified atom stereocenters. The summed E-state index contributed by atoms with van der Waals surface area (Å²) in [6, 6.07) is 17.0. The zero-order valence-corrected chi connectivity index (χ0v) is 16.2. The van der Waals surface area contributed by atoms with Crippen molar-refractivity contribution in [2.24, 2.45) is 0 Å². The van der Waals surface area contributed by atoms with Gasteiger partial charge in [-0.15, -0.1) is 0 Å². The first kappa shape index (κ1) is 16.4. The standard InChI is InChI=1S/2C8H11.Ta.3H/c2*1-2-5-8-6-3-4-7-8;;;;/h2*3-4,6-7H,2,5H2,1H3;;;;/q2*-1;;;;. The summed E-state index contributed by atoms with van der Waals surface area (Å²) >= 11 is 0. The fraction of sp³-hybridized carbons (Fsp3) is 0.375. The van der Waals surface area contributed by atoms with Gasteiger partial charge < -0.3 is 0 Å². The fourth-order valence-corrected chi connectivity index (χ4v) is 1.74. The second-order valence-electron chi connectivity index (χ2n) is 4.09. The number of rotatable bonds is 4. The van der Waals surface area contributed by atoms with Crippen LogP contribution in [0.25, 0.3) is 0 Å². The summed E-state index contributed by atoms with van der Waals surface area (Å²) in [5, 5.41) is 0. The van der Waals surface area contributed by atoms with Crippen LogP contribution in [-0.4, -0.2) is 0 Å². The van der Waals surface area contributed by atoms with Crippen molar-refractivity contribution in [1.82, 2.24) is 0 Å². The zero-order chi connectivity index (χ0) is 11.6. The van der Waals surface area contributed by atoms with E-state index in [0.717, 1.165) is 0 Å². The summed E-state index contributed by atoms with van der Waals surface area (Å²) in [6.07, 6.45) is 4.97. The van der Waals surface area contributed by atoms with E-state index >= 15 is 0 Å². The predicted octanol–water partition coefficient (Wildman–Crippen LogP) is 3.91. The van der Waals surface area contributed by atoms with E-state index < -0.39 is 0 Å². The van der Waals surface area contributed by atoms with Crippen LogP contribution in [0.3, 0.4) is 0 Å². The molecule has 2 aromatic rings. The van der Waals surface area contributed by atoms with Crippen molar-refractivity contribution >= 4 is 0 Å². The SMILES string of the molecule is CCC[c-]1cccc1.CCC[c-]1cccc1.[TaH3]. The molecule has 0 nitrogen and oxygen atoms in total. The molecule has 0 atom stereocenters. The van der Waals surface area contributed by atoms with Crippen LogP contribution in [0.15, 0.2) is 48.5 Å². The molecule has 17 heavy (non-hydrogen) atoms. The van der Waals surface area contributed by atoms with Crippen LogP contribution in [0.1, 0.15) is 37.8 Å². The van der Waals surface area contributed by atoms with Gasteiger partial charge >= 0.3 is 22.4 Å². The molecule has 0 amide bonds. The molecule has 0 aliphatic rings. The Balaban J connectivity index is 0.000000284. The van der Waals surface area contributed by atoms with Gasteiger partial charge in [-0.2, -0.15) is 35.4 Å². The Labute approximate surface area is 121 Å². The van der Waals surface area contributed by atoms with E-state index in [9.17, 15) is 0 Å². The normalized spacial score (nSPS) is 9.06. The molecule has 0 aliphatic heterocycles. The van der Waals surface area contributed by atoms with E-state index in [4.69, 9.17) is 0 Å². The number of hydrogen-bond donors (Lipinski definition) is 0. The Kier molecular flexibility index (Phi) is 10.2. The molecule has 0 bridgehead atoms. The summed E-state index contributed by atoms with van der Waals surface area (Å²) in [4.78, 5) is 0. The first-order chi connectivity index (χ1) is 7.86. The molecule has 0 saturated carbocycles. The fourth-order valence-electron chi connectivity index (χ4n) is 1.74. The zero-order valence-electron chi connectivity index (χ0n) is 11.2. The second-order valence-corrected chi connectivity index (χ2v) is 4.09. The Morgan fingerprint density at radius 2 is 0.941 bits per heavy atom. The number of hydrogen-bond acceptors (Lipinski definition) is 0. The molecule has 2 rings (SSSR count). The summed E-state index contributed by atoms with van der Waals surface area (Å²) < 4.78 is 0. The van der Waals surface area contributed by atoms with Crippen molar-refractivity contribution in [3.8, 4) is 0 Å². The molecule has 1 radical (unpaired) electrons. The Bertz CT molecular complexity index is 293. The van der Waals surface area contributed by atoms with Crippen LogP contribution in [0.5, 0.6) is 0 Å². The molecule has 2 aromatic carbocycles. The first-order valence-corrected chi connectivity index (χ1v) is 6.28. The Hall–Kier alpha value is -0.560. The van der Waals surface area contributed by atoms with Gasteiger partial charge in [0.25, 0.3) is 0 Å².